The van der Waals surface area contributed by atoms with Crippen molar-refractivity contribution in [3.63, 3.8) is 0 Å². The van der Waals surface area contributed by atoms with Gasteiger partial charge in [-0.1, -0.05) is 20.8 Å². The maximum atomic E-state index is 12.9. The lowest BCUT2D eigenvalue weighted by atomic mass is 10.2. The van der Waals surface area contributed by atoms with E-state index in [0.717, 1.165) is 5.56 Å². The second-order valence-electron chi connectivity index (χ2n) is 13.9. The van der Waals surface area contributed by atoms with Gasteiger partial charge in [0.2, 0.25) is 0 Å². The summed E-state index contributed by atoms with van der Waals surface area (Å²) in [6.45, 7) is 11.1. The fraction of sp³-hybridized carbons (Fsp3) is 0.543. The second-order valence-corrected chi connectivity index (χ2v) is 19.6. The molecule has 0 saturated carbocycles. The topological polar surface area (TPSA) is 131 Å². The summed E-state index contributed by atoms with van der Waals surface area (Å²) in [4.78, 5) is 26.4. The molecule has 18 heteroatoms. The molecular weight excluding hydrogens is 734 g/mol. The number of hydrogen-bond donors (Lipinski definition) is 1. The number of aliphatic imine (C=N–C) groups is 1. The summed E-state index contributed by atoms with van der Waals surface area (Å²) in [5, 5.41) is 1.92. The molecule has 3 heterocycles. The number of thioether (sulfide) groups is 1. The predicted molar refractivity (Wildman–Crippen MR) is 199 cm³/mol. The largest absolute Gasteiger partial charge is 0.496 e. The van der Waals surface area contributed by atoms with Crippen LogP contribution in [-0.2, 0) is 24.4 Å². The average Bonchev–Trinajstić information content (AvgIpc) is 3.68. The van der Waals surface area contributed by atoms with Crippen LogP contribution in [0, 0.1) is 12.0 Å². The molecule has 13 nitrogen and oxygen atoms in total. The zero-order chi connectivity index (χ0) is 39.1. The summed E-state index contributed by atoms with van der Waals surface area (Å²) < 4.78 is 76.6. The number of alkyl halides is 3. The minimum atomic E-state index is -5.09. The van der Waals surface area contributed by atoms with Gasteiger partial charge >= 0.3 is 12.1 Å². The first-order valence-corrected chi connectivity index (χ1v) is 20.7. The monoisotopic (exact) mass is 780 g/mol. The molecule has 53 heavy (non-hydrogen) atoms. The molecule has 1 N–H and O–H groups in total. The molecule has 1 saturated heterocycles. The predicted octanol–water partition coefficient (Wildman–Crippen LogP) is 6.25. The van der Waals surface area contributed by atoms with Gasteiger partial charge in [-0.2, -0.15) is 13.2 Å². The van der Waals surface area contributed by atoms with Crippen LogP contribution < -0.4 is 19.5 Å². The van der Waals surface area contributed by atoms with Crippen molar-refractivity contribution < 1.29 is 46.1 Å². The van der Waals surface area contributed by atoms with E-state index < -0.39 is 38.8 Å². The number of ether oxygens (including phenoxy) is 5. The number of methoxy groups -OCH3 is 3. The van der Waals surface area contributed by atoms with Crippen LogP contribution in [0.4, 0.5) is 19.0 Å². The van der Waals surface area contributed by atoms with Gasteiger partial charge in [0.1, 0.15) is 41.6 Å². The summed E-state index contributed by atoms with van der Waals surface area (Å²) in [6.07, 6.45) is -1.72. The van der Waals surface area contributed by atoms with E-state index in [2.05, 4.69) is 60.8 Å². The van der Waals surface area contributed by atoms with E-state index in [-0.39, 0.29) is 23.0 Å². The highest BCUT2D eigenvalue weighted by Gasteiger charge is 2.43. The smallest absolute Gasteiger partial charge is 0.472 e. The summed E-state index contributed by atoms with van der Waals surface area (Å²) in [7, 11) is 6.13. The van der Waals surface area contributed by atoms with Gasteiger partial charge in [0, 0.05) is 56.2 Å². The molecule has 0 spiro atoms. The molecule has 0 bridgehead atoms. The number of halogens is 3. The Morgan fingerprint density at radius 3 is 2.42 bits per heavy atom. The Morgan fingerprint density at radius 1 is 1.15 bits per heavy atom. The Hall–Kier alpha value is -4.02. The normalized spacial score (nSPS) is 17.9. The van der Waals surface area contributed by atoms with E-state index in [9.17, 15) is 18.0 Å². The fourth-order valence-electron chi connectivity index (χ4n) is 5.08. The number of hydrogen-bond acceptors (Lipinski definition) is 11. The van der Waals surface area contributed by atoms with Gasteiger partial charge in [-0.05, 0) is 24.1 Å². The minimum Gasteiger partial charge on any atom is -0.496 e. The van der Waals surface area contributed by atoms with Crippen LogP contribution in [0.5, 0.6) is 17.2 Å². The maximum absolute atomic E-state index is 12.9. The van der Waals surface area contributed by atoms with E-state index in [1.165, 1.54) is 24.4 Å². The van der Waals surface area contributed by atoms with Crippen molar-refractivity contribution in [1.82, 2.24) is 24.8 Å². The lowest BCUT2D eigenvalue weighted by Gasteiger charge is -2.37. The first-order valence-electron chi connectivity index (χ1n) is 16.6. The van der Waals surface area contributed by atoms with E-state index in [0.29, 0.717) is 46.4 Å². The molecule has 3 atom stereocenters. The van der Waals surface area contributed by atoms with Crippen LogP contribution in [0.1, 0.15) is 44.5 Å². The molecule has 1 aromatic carbocycles. The van der Waals surface area contributed by atoms with Crippen molar-refractivity contribution in [2.45, 2.75) is 75.7 Å². The number of aromatic nitrogens is 3. The van der Waals surface area contributed by atoms with E-state index >= 15 is 0 Å². The zero-order valence-corrected chi connectivity index (χ0v) is 33.4. The van der Waals surface area contributed by atoms with Crippen molar-refractivity contribution in [2.24, 2.45) is 4.99 Å². The Balaban J connectivity index is 1.64. The van der Waals surface area contributed by atoms with Gasteiger partial charge in [-0.3, -0.25) is 10.1 Å². The minimum absolute atomic E-state index is 0.0418. The second kappa shape index (κ2) is 17.4. The maximum Gasteiger partial charge on any atom is 0.472 e. The third kappa shape index (κ3) is 10.4. The summed E-state index contributed by atoms with van der Waals surface area (Å²) in [5.74, 6) is 3.39. The Bertz CT molecular complexity index is 1810. The molecule has 1 unspecified atom stereocenters. The van der Waals surface area contributed by atoms with Crippen LogP contribution >= 0.6 is 11.8 Å². The third-order valence-electron chi connectivity index (χ3n) is 8.97. The fourth-order valence-corrected chi connectivity index (χ4v) is 6.94. The van der Waals surface area contributed by atoms with Gasteiger partial charge in [-0.15, -0.1) is 11.8 Å². The lowest BCUT2D eigenvalue weighted by molar-refractivity contribution is -0.172. The van der Waals surface area contributed by atoms with Crippen LogP contribution in [-0.4, -0.2) is 106 Å². The summed E-state index contributed by atoms with van der Waals surface area (Å²) in [5.41, 5.74) is 1.49. The molecule has 0 radical (unpaired) electrons. The van der Waals surface area contributed by atoms with Crippen molar-refractivity contribution >= 4 is 49.2 Å². The van der Waals surface area contributed by atoms with Crippen LogP contribution in [0.3, 0.4) is 0 Å². The van der Waals surface area contributed by atoms with Gasteiger partial charge in [0.25, 0.3) is 0 Å². The Labute approximate surface area is 313 Å². The first-order chi connectivity index (χ1) is 24.9. The standard InChI is InChI=1S/C35H47F3N6O7SSi/c1-34(2,3)53(9,10)50-17-28-27(49-21-52-18-24-25(47-7)13-23(46-6)14-26(24)48-8)15-29(51-28)44-16-22(11-12-39-33(45)35(36,37)38)30-31(42-20-43(4)5)40-19-41-32(30)44/h13-14,16,19-20,27-29H,15,17-18,21H2,1-10H3,(H,39,45)/t27?,28-,29-/m1/s1. The van der Waals surface area contributed by atoms with Crippen molar-refractivity contribution in [3.8, 4) is 29.2 Å². The first kappa shape index (κ1) is 41.7. The highest BCUT2D eigenvalue weighted by Crippen LogP contribution is 2.41. The molecule has 3 aromatic rings. The lowest BCUT2D eigenvalue weighted by Crippen LogP contribution is -2.44. The molecule has 0 aliphatic carbocycles. The molecule has 1 fully saturated rings. The third-order valence-corrected chi connectivity index (χ3v) is 14.3. The van der Waals surface area contributed by atoms with Gasteiger partial charge in [0.15, 0.2) is 14.1 Å². The number of amides is 1. The highest BCUT2D eigenvalue weighted by atomic mass is 32.2. The van der Waals surface area contributed by atoms with Crippen molar-refractivity contribution in [2.75, 3.05) is 48.0 Å². The number of carbonyl (C=O) groups is 1. The number of nitrogens with zero attached hydrogens (tertiary/aromatic N) is 5. The van der Waals surface area contributed by atoms with Crippen molar-refractivity contribution in [3.05, 3.63) is 35.8 Å². The quantitative estimate of drug-likeness (QED) is 0.0379. The van der Waals surface area contributed by atoms with Crippen LogP contribution in [0.2, 0.25) is 18.1 Å². The highest BCUT2D eigenvalue weighted by molar-refractivity contribution is 7.98. The molecule has 4 rings (SSSR count). The van der Waals surface area contributed by atoms with Gasteiger partial charge in [0.05, 0.1) is 57.3 Å². The molecule has 290 valence electrons. The molecular formula is C35H47F3N6O7SSi. The average molecular weight is 781 g/mol. The number of nitrogens with one attached hydrogen (secondary N) is 1. The van der Waals surface area contributed by atoms with Crippen molar-refractivity contribution in [1.29, 1.82) is 0 Å². The van der Waals surface area contributed by atoms with Gasteiger partial charge in [-0.25, -0.2) is 15.0 Å². The van der Waals surface area contributed by atoms with E-state index in [1.54, 1.807) is 68.5 Å². The molecule has 2 aromatic heterocycles. The summed E-state index contributed by atoms with van der Waals surface area (Å²) >= 11 is 1.53. The number of benzene rings is 1. The molecule has 1 amide bonds. The Morgan fingerprint density at radius 2 is 1.83 bits per heavy atom. The SMILES string of the molecule is COc1cc(OC)c(CSCOC2C[C@H](n3cc(C#CNC(=O)C(F)(F)F)c4c(N=CN(C)C)ncnc43)O[C@@H]2CO[Si](C)(C)C(C)(C)C)c(OC)c1. The molecule has 1 aliphatic heterocycles. The summed E-state index contributed by atoms with van der Waals surface area (Å²) in [6, 6.07) is 5.73. The molecule has 1 aliphatic rings. The Kier molecular flexibility index (Phi) is 13.7. The van der Waals surface area contributed by atoms with Crippen LogP contribution in [0.25, 0.3) is 11.0 Å². The number of rotatable bonds is 14. The zero-order valence-electron chi connectivity index (χ0n) is 31.6. The van der Waals surface area contributed by atoms with E-state index in [1.807, 2.05) is 0 Å². The number of carbonyl (C=O) groups excluding carboxylic acids is 1. The van der Waals surface area contributed by atoms with Crippen LogP contribution in [0.15, 0.2) is 29.6 Å². The number of fused-ring (bicyclic) bond motifs is 1. The van der Waals surface area contributed by atoms with Gasteiger partial charge < -0.3 is 37.6 Å². The van der Waals surface area contributed by atoms with E-state index in [4.69, 9.17) is 28.1 Å².